The zero-order valence-corrected chi connectivity index (χ0v) is 18.4. The van der Waals surface area contributed by atoms with E-state index in [0.29, 0.717) is 17.8 Å². The van der Waals surface area contributed by atoms with Crippen molar-refractivity contribution in [2.75, 3.05) is 0 Å². The quantitative estimate of drug-likeness (QED) is 0.437. The van der Waals surface area contributed by atoms with Crippen molar-refractivity contribution in [3.8, 4) is 11.8 Å². The van der Waals surface area contributed by atoms with E-state index in [2.05, 4.69) is 56.0 Å². The van der Waals surface area contributed by atoms with Crippen LogP contribution < -0.4 is 0 Å². The number of hydrogen-bond acceptors (Lipinski definition) is 2. The molecule has 1 aromatic carbocycles. The van der Waals surface area contributed by atoms with Crippen molar-refractivity contribution in [3.63, 3.8) is 0 Å². The largest absolute Gasteiger partial charge is 0.465 e. The molecule has 2 nitrogen and oxygen atoms in total. The molecule has 0 aliphatic heterocycles. The Hall–Kier alpha value is -2.01. The summed E-state index contributed by atoms with van der Waals surface area (Å²) < 4.78 is 5.37. The summed E-state index contributed by atoms with van der Waals surface area (Å²) in [4.78, 5) is 10.8. The Morgan fingerprint density at radius 1 is 1.00 bits per heavy atom. The third kappa shape index (κ3) is 3.13. The first-order chi connectivity index (χ1) is 14.5. The average Bonchev–Trinajstić information content (AvgIpc) is 3.10. The van der Waals surface area contributed by atoms with Crippen molar-refractivity contribution < 1.29 is 9.53 Å². The summed E-state index contributed by atoms with van der Waals surface area (Å²) in [6, 6.07) is 10.4. The average molecular weight is 403 g/mol. The van der Waals surface area contributed by atoms with Gasteiger partial charge in [0, 0.05) is 16.6 Å². The lowest BCUT2D eigenvalue weighted by atomic mass is 9.44. The molecule has 0 bridgehead atoms. The molecule has 0 heterocycles. The van der Waals surface area contributed by atoms with Crippen molar-refractivity contribution in [3.05, 3.63) is 47.5 Å². The van der Waals surface area contributed by atoms with Gasteiger partial charge in [-0.25, -0.2) is 0 Å². The van der Waals surface area contributed by atoms with Gasteiger partial charge in [-0.15, -0.1) is 0 Å². The van der Waals surface area contributed by atoms with Crippen LogP contribution >= 0.6 is 0 Å². The van der Waals surface area contributed by atoms with Crippen LogP contribution in [0.4, 0.5) is 0 Å². The van der Waals surface area contributed by atoms with E-state index in [4.69, 9.17) is 4.74 Å². The van der Waals surface area contributed by atoms with Crippen molar-refractivity contribution in [1.29, 1.82) is 0 Å². The number of carbonyl (C=O) groups is 1. The fourth-order valence-electron chi connectivity index (χ4n) is 7.84. The molecule has 30 heavy (non-hydrogen) atoms. The number of allylic oxidation sites excluding steroid dienone is 2. The number of fused-ring (bicyclic) bond motifs is 5. The number of carbonyl (C=O) groups excluding carboxylic acids is 1. The lowest BCUT2D eigenvalue weighted by molar-refractivity contribution is -0.147. The molecule has 3 saturated carbocycles. The molecule has 7 atom stereocenters. The zero-order chi connectivity index (χ0) is 20.8. The smallest absolute Gasteiger partial charge is 0.293 e. The maximum absolute atomic E-state index is 10.8. The summed E-state index contributed by atoms with van der Waals surface area (Å²) in [7, 11) is 0. The van der Waals surface area contributed by atoms with Crippen LogP contribution in [0.15, 0.2) is 42.0 Å². The first-order valence-corrected chi connectivity index (χ1v) is 11.9. The molecule has 0 aromatic heterocycles. The molecular weight excluding hydrogens is 368 g/mol. The second-order valence-corrected chi connectivity index (χ2v) is 10.7. The SMILES string of the molecule is CC12CCC3C(CCC4CC(OC=O)CCC43C)C1CC=C2C#Cc1ccccc1. The van der Waals surface area contributed by atoms with Gasteiger partial charge in [-0.3, -0.25) is 4.79 Å². The van der Waals surface area contributed by atoms with Crippen LogP contribution in [-0.4, -0.2) is 12.6 Å². The lowest BCUT2D eigenvalue weighted by Crippen LogP contribution is -2.53. The normalized spacial score (nSPS) is 41.9. The summed E-state index contributed by atoms with van der Waals surface area (Å²) >= 11 is 0. The van der Waals surface area contributed by atoms with E-state index in [1.165, 1.54) is 44.1 Å². The number of ether oxygens (including phenoxy) is 1. The van der Waals surface area contributed by atoms with E-state index in [0.717, 1.165) is 36.2 Å². The standard InChI is InChI=1S/C28H34O2/c1-27-17-15-26-24(12-10-22-18-23(30-19-29)14-16-28(22,26)2)25(27)13-11-21(27)9-8-20-6-4-3-5-7-20/h3-7,11,19,22-26H,10,12-18H2,1-2H3. The highest BCUT2D eigenvalue weighted by molar-refractivity contribution is 5.45. The summed E-state index contributed by atoms with van der Waals surface area (Å²) in [5.74, 6) is 10.1. The van der Waals surface area contributed by atoms with Crippen molar-refractivity contribution in [2.45, 2.75) is 71.3 Å². The molecule has 5 rings (SSSR count). The molecule has 0 saturated heterocycles. The fourth-order valence-corrected chi connectivity index (χ4v) is 7.84. The summed E-state index contributed by atoms with van der Waals surface area (Å²) in [5, 5.41) is 0. The molecule has 2 heteroatoms. The topological polar surface area (TPSA) is 26.3 Å². The molecule has 158 valence electrons. The predicted octanol–water partition coefficient (Wildman–Crippen LogP) is 6.16. The zero-order valence-electron chi connectivity index (χ0n) is 18.4. The van der Waals surface area contributed by atoms with Crippen LogP contribution in [0.2, 0.25) is 0 Å². The van der Waals surface area contributed by atoms with Gasteiger partial charge in [-0.2, -0.15) is 0 Å². The Morgan fingerprint density at radius 3 is 2.63 bits per heavy atom. The van der Waals surface area contributed by atoms with E-state index in [9.17, 15) is 4.79 Å². The minimum atomic E-state index is 0.152. The molecule has 3 fully saturated rings. The third-order valence-corrected chi connectivity index (χ3v) is 9.56. The Labute approximate surface area is 181 Å². The van der Waals surface area contributed by atoms with Crippen LogP contribution in [0, 0.1) is 46.3 Å². The molecule has 4 aliphatic rings. The van der Waals surface area contributed by atoms with Gasteiger partial charge in [0.15, 0.2) is 0 Å². The molecular formula is C28H34O2. The molecule has 1 aromatic rings. The Bertz CT molecular complexity index is 890. The molecule has 4 aliphatic carbocycles. The first-order valence-electron chi connectivity index (χ1n) is 11.9. The predicted molar refractivity (Wildman–Crippen MR) is 119 cm³/mol. The van der Waals surface area contributed by atoms with Crippen molar-refractivity contribution in [2.24, 2.45) is 34.5 Å². The van der Waals surface area contributed by atoms with E-state index >= 15 is 0 Å². The Balaban J connectivity index is 1.35. The Kier molecular flexibility index (Phi) is 5.04. The van der Waals surface area contributed by atoms with Crippen LogP contribution in [0.25, 0.3) is 0 Å². The first kappa shape index (κ1) is 19.9. The van der Waals surface area contributed by atoms with E-state index in [1.807, 2.05) is 6.07 Å². The van der Waals surface area contributed by atoms with Crippen LogP contribution in [-0.2, 0) is 9.53 Å². The maximum Gasteiger partial charge on any atom is 0.293 e. The van der Waals surface area contributed by atoms with Gasteiger partial charge in [0.1, 0.15) is 6.10 Å². The van der Waals surface area contributed by atoms with Gasteiger partial charge in [-0.05, 0) is 92.6 Å². The van der Waals surface area contributed by atoms with E-state index in [-0.39, 0.29) is 11.5 Å². The van der Waals surface area contributed by atoms with Crippen LogP contribution in [0.1, 0.15) is 70.8 Å². The Morgan fingerprint density at radius 2 is 1.83 bits per heavy atom. The lowest BCUT2D eigenvalue weighted by Gasteiger charge is -2.60. The number of rotatable bonds is 2. The van der Waals surface area contributed by atoms with E-state index < -0.39 is 0 Å². The van der Waals surface area contributed by atoms with E-state index in [1.54, 1.807) is 0 Å². The minimum absolute atomic E-state index is 0.152. The third-order valence-electron chi connectivity index (χ3n) is 9.56. The fraction of sp³-hybridized carbons (Fsp3) is 0.607. The highest BCUT2D eigenvalue weighted by atomic mass is 16.5. The number of hydrogen-bond donors (Lipinski definition) is 0. The van der Waals surface area contributed by atoms with Gasteiger partial charge in [0.2, 0.25) is 0 Å². The molecule has 0 amide bonds. The monoisotopic (exact) mass is 402 g/mol. The highest BCUT2D eigenvalue weighted by Crippen LogP contribution is 2.66. The van der Waals surface area contributed by atoms with Crippen molar-refractivity contribution >= 4 is 6.47 Å². The second kappa shape index (κ2) is 7.60. The van der Waals surface area contributed by atoms with Gasteiger partial charge in [0.25, 0.3) is 6.47 Å². The van der Waals surface area contributed by atoms with Gasteiger partial charge < -0.3 is 4.74 Å². The summed E-state index contributed by atoms with van der Waals surface area (Å²) in [6.07, 6.45) is 12.4. The van der Waals surface area contributed by atoms with Crippen LogP contribution in [0.5, 0.6) is 0 Å². The molecule has 7 unspecified atom stereocenters. The molecule has 0 radical (unpaired) electrons. The van der Waals surface area contributed by atoms with Gasteiger partial charge in [-0.1, -0.05) is 50.0 Å². The van der Waals surface area contributed by atoms with Crippen LogP contribution in [0.3, 0.4) is 0 Å². The van der Waals surface area contributed by atoms with Gasteiger partial charge in [0.05, 0.1) is 0 Å². The maximum atomic E-state index is 10.8. The van der Waals surface area contributed by atoms with Gasteiger partial charge >= 0.3 is 0 Å². The molecule has 0 N–H and O–H groups in total. The molecule has 0 spiro atoms. The highest BCUT2D eigenvalue weighted by Gasteiger charge is 2.58. The minimum Gasteiger partial charge on any atom is -0.465 e. The number of benzene rings is 1. The second-order valence-electron chi connectivity index (χ2n) is 10.7. The van der Waals surface area contributed by atoms with Crippen molar-refractivity contribution in [1.82, 2.24) is 0 Å². The summed E-state index contributed by atoms with van der Waals surface area (Å²) in [5.41, 5.74) is 3.18. The summed E-state index contributed by atoms with van der Waals surface area (Å²) in [6.45, 7) is 5.72.